The lowest BCUT2D eigenvalue weighted by molar-refractivity contribution is 1.05. The number of anilines is 1. The van der Waals surface area contributed by atoms with Gasteiger partial charge in [-0.1, -0.05) is 15.9 Å². The Kier molecular flexibility index (Phi) is 4.27. The summed E-state index contributed by atoms with van der Waals surface area (Å²) in [6, 6.07) is 4.01. The molecule has 2 N–H and O–H groups in total. The van der Waals surface area contributed by atoms with Crippen molar-refractivity contribution in [3.63, 3.8) is 0 Å². The van der Waals surface area contributed by atoms with Gasteiger partial charge < -0.3 is 10.3 Å². The molecule has 2 aromatic rings. The van der Waals surface area contributed by atoms with E-state index < -0.39 is 0 Å². The number of nitrogens with one attached hydrogen (secondary N) is 2. The van der Waals surface area contributed by atoms with Crippen LogP contribution >= 0.6 is 47.8 Å². The molecule has 2 rings (SSSR count). The first-order valence-corrected chi connectivity index (χ1v) is 7.33. The molecule has 0 aliphatic carbocycles. The minimum atomic E-state index is 0.689. The lowest BCUT2D eigenvalue weighted by Crippen LogP contribution is -2.02. The molecule has 0 radical (unpaired) electrons. The summed E-state index contributed by atoms with van der Waals surface area (Å²) in [5.41, 5.74) is 3.13. The van der Waals surface area contributed by atoms with Crippen molar-refractivity contribution >= 4 is 53.5 Å². The highest BCUT2D eigenvalue weighted by Crippen LogP contribution is 2.34. The summed E-state index contributed by atoms with van der Waals surface area (Å²) >= 11 is 10.5. The van der Waals surface area contributed by atoms with E-state index in [9.17, 15) is 0 Å². The lowest BCUT2D eigenvalue weighted by Gasteiger charge is -2.10. The Labute approximate surface area is 125 Å². The number of imidazole rings is 1. The molecule has 0 aliphatic rings. The number of aryl methyl sites for hydroxylation is 1. The minimum absolute atomic E-state index is 0.689. The Bertz CT molecular complexity index is 514. The van der Waals surface area contributed by atoms with Crippen LogP contribution in [0.3, 0.4) is 0 Å². The van der Waals surface area contributed by atoms with Crippen molar-refractivity contribution in [1.29, 1.82) is 0 Å². The largest absolute Gasteiger partial charge is 0.377 e. The number of hydrogen-bond donors (Lipinski definition) is 2. The molecule has 0 saturated carbocycles. The maximum Gasteiger partial charge on any atom is 0.0925 e. The molecule has 6 heteroatoms. The fraction of sp³-hybridized carbons (Fsp3) is 0.182. The molecule has 0 atom stereocenters. The maximum absolute atomic E-state index is 4.25. The number of nitrogens with zero attached hydrogens (tertiary/aromatic N) is 1. The van der Waals surface area contributed by atoms with Crippen molar-refractivity contribution in [2.75, 3.05) is 5.32 Å². The van der Waals surface area contributed by atoms with Crippen LogP contribution in [0, 0.1) is 6.92 Å². The van der Waals surface area contributed by atoms with Gasteiger partial charge in [0.2, 0.25) is 0 Å². The van der Waals surface area contributed by atoms with Crippen LogP contribution in [0.1, 0.15) is 11.4 Å². The number of halogens is 3. The number of aromatic nitrogens is 2. The van der Waals surface area contributed by atoms with Crippen LogP contribution < -0.4 is 5.32 Å². The molecule has 0 aliphatic heterocycles. The predicted molar refractivity (Wildman–Crippen MR) is 80.2 cm³/mol. The van der Waals surface area contributed by atoms with Crippen molar-refractivity contribution in [2.24, 2.45) is 0 Å². The van der Waals surface area contributed by atoms with Crippen LogP contribution in [0.2, 0.25) is 0 Å². The van der Waals surface area contributed by atoms with Crippen LogP contribution in [-0.2, 0) is 6.54 Å². The molecule has 0 saturated heterocycles. The number of aromatic amines is 1. The second-order valence-corrected chi connectivity index (χ2v) is 6.20. The van der Waals surface area contributed by atoms with Gasteiger partial charge >= 0.3 is 0 Å². The summed E-state index contributed by atoms with van der Waals surface area (Å²) in [6.45, 7) is 2.70. The standard InChI is InChI=1S/C11H10Br3N3/c1-6-10(17-5-16-6)4-15-11-8(13)2-7(12)3-9(11)14/h2-3,5,15H,4H2,1H3,(H,16,17). The molecule has 90 valence electrons. The second kappa shape index (κ2) is 5.54. The summed E-state index contributed by atoms with van der Waals surface area (Å²) in [7, 11) is 0. The SMILES string of the molecule is Cc1[nH]cnc1CNc1c(Br)cc(Br)cc1Br. The molecule has 0 spiro atoms. The summed E-state index contributed by atoms with van der Waals surface area (Å²) in [5.74, 6) is 0. The van der Waals surface area contributed by atoms with Gasteiger partial charge in [0.05, 0.1) is 24.3 Å². The van der Waals surface area contributed by atoms with Gasteiger partial charge in [0.1, 0.15) is 0 Å². The third-order valence-electron chi connectivity index (χ3n) is 2.37. The third kappa shape index (κ3) is 3.11. The minimum Gasteiger partial charge on any atom is -0.377 e. The molecule has 0 fully saturated rings. The van der Waals surface area contributed by atoms with Gasteiger partial charge in [0, 0.05) is 19.1 Å². The fourth-order valence-corrected chi connectivity index (χ4v) is 3.99. The zero-order valence-corrected chi connectivity index (χ0v) is 13.8. The van der Waals surface area contributed by atoms with Gasteiger partial charge in [-0.05, 0) is 50.9 Å². The first kappa shape index (κ1) is 13.1. The van der Waals surface area contributed by atoms with E-state index in [0.29, 0.717) is 6.54 Å². The highest BCUT2D eigenvalue weighted by atomic mass is 79.9. The van der Waals surface area contributed by atoms with E-state index >= 15 is 0 Å². The highest BCUT2D eigenvalue weighted by Gasteiger charge is 2.08. The van der Waals surface area contributed by atoms with Gasteiger partial charge in [-0.15, -0.1) is 0 Å². The average molecular weight is 424 g/mol. The van der Waals surface area contributed by atoms with Gasteiger partial charge in [0.25, 0.3) is 0 Å². The van der Waals surface area contributed by atoms with Crippen LogP contribution in [-0.4, -0.2) is 9.97 Å². The Morgan fingerprint density at radius 3 is 2.41 bits per heavy atom. The van der Waals surface area contributed by atoms with E-state index in [-0.39, 0.29) is 0 Å². The van der Waals surface area contributed by atoms with Crippen molar-refractivity contribution in [1.82, 2.24) is 9.97 Å². The normalized spacial score (nSPS) is 10.6. The zero-order chi connectivity index (χ0) is 12.4. The average Bonchev–Trinajstić information content (AvgIpc) is 2.62. The third-order valence-corrected chi connectivity index (χ3v) is 4.08. The highest BCUT2D eigenvalue weighted by molar-refractivity contribution is 9.11. The Morgan fingerprint density at radius 1 is 1.24 bits per heavy atom. The molecule has 0 amide bonds. The number of hydrogen-bond acceptors (Lipinski definition) is 2. The predicted octanol–water partition coefficient (Wildman–Crippen LogP) is 4.62. The van der Waals surface area contributed by atoms with Crippen LogP contribution in [0.5, 0.6) is 0 Å². The van der Waals surface area contributed by atoms with Gasteiger partial charge in [-0.2, -0.15) is 0 Å². The quantitative estimate of drug-likeness (QED) is 0.756. The molecule has 1 aromatic carbocycles. The molecule has 0 bridgehead atoms. The smallest absolute Gasteiger partial charge is 0.0925 e. The summed E-state index contributed by atoms with van der Waals surface area (Å²) in [4.78, 5) is 7.31. The van der Waals surface area contributed by atoms with Crippen molar-refractivity contribution in [3.8, 4) is 0 Å². The number of benzene rings is 1. The first-order chi connectivity index (χ1) is 8.08. The van der Waals surface area contributed by atoms with E-state index in [1.165, 1.54) is 0 Å². The Hall–Kier alpha value is -0.330. The Balaban J connectivity index is 2.17. The molecule has 1 heterocycles. The first-order valence-electron chi connectivity index (χ1n) is 4.95. The van der Waals surface area contributed by atoms with Gasteiger partial charge in [-0.25, -0.2) is 4.98 Å². The van der Waals surface area contributed by atoms with Crippen molar-refractivity contribution in [3.05, 3.63) is 43.3 Å². The van der Waals surface area contributed by atoms with E-state index in [2.05, 4.69) is 63.1 Å². The topological polar surface area (TPSA) is 40.7 Å². The summed E-state index contributed by atoms with van der Waals surface area (Å²) < 4.78 is 3.04. The van der Waals surface area contributed by atoms with Crippen LogP contribution in [0.25, 0.3) is 0 Å². The molecule has 1 aromatic heterocycles. The van der Waals surface area contributed by atoms with Crippen LogP contribution in [0.4, 0.5) is 5.69 Å². The fourth-order valence-electron chi connectivity index (χ4n) is 1.45. The van der Waals surface area contributed by atoms with Crippen molar-refractivity contribution in [2.45, 2.75) is 13.5 Å². The van der Waals surface area contributed by atoms with E-state index in [1.807, 2.05) is 19.1 Å². The summed E-state index contributed by atoms with van der Waals surface area (Å²) in [6.07, 6.45) is 1.71. The number of H-pyrrole nitrogens is 1. The second-order valence-electron chi connectivity index (χ2n) is 3.57. The maximum atomic E-state index is 4.25. The van der Waals surface area contributed by atoms with E-state index in [0.717, 1.165) is 30.5 Å². The lowest BCUT2D eigenvalue weighted by atomic mass is 10.3. The van der Waals surface area contributed by atoms with Crippen molar-refractivity contribution < 1.29 is 0 Å². The van der Waals surface area contributed by atoms with Crippen LogP contribution in [0.15, 0.2) is 31.9 Å². The molecule has 0 unspecified atom stereocenters. The van der Waals surface area contributed by atoms with E-state index in [1.54, 1.807) is 6.33 Å². The van der Waals surface area contributed by atoms with Gasteiger partial charge in [0.15, 0.2) is 0 Å². The molecule has 17 heavy (non-hydrogen) atoms. The zero-order valence-electron chi connectivity index (χ0n) is 9.02. The Morgan fingerprint density at radius 2 is 1.88 bits per heavy atom. The molecular formula is C11H10Br3N3. The van der Waals surface area contributed by atoms with Gasteiger partial charge in [-0.3, -0.25) is 0 Å². The molecule has 3 nitrogen and oxygen atoms in total. The van der Waals surface area contributed by atoms with E-state index in [4.69, 9.17) is 0 Å². The number of rotatable bonds is 3. The monoisotopic (exact) mass is 421 g/mol. The summed E-state index contributed by atoms with van der Waals surface area (Å²) in [5, 5.41) is 3.35. The molecular weight excluding hydrogens is 414 g/mol.